The normalized spacial score (nSPS) is 9.86. The second kappa shape index (κ2) is 8.45. The molecule has 0 atom stereocenters. The Bertz CT molecular complexity index is 935. The van der Waals surface area contributed by atoms with E-state index < -0.39 is 11.9 Å². The molecule has 3 aromatic carbocycles. The summed E-state index contributed by atoms with van der Waals surface area (Å²) in [6.07, 6.45) is 0. The van der Waals surface area contributed by atoms with Gasteiger partial charge in [0.05, 0.1) is 33.9 Å². The number of nitrogen functional groups attached to an aromatic ring is 4. The third-order valence-corrected chi connectivity index (χ3v) is 3.89. The van der Waals surface area contributed by atoms with Crippen LogP contribution in [0.5, 0.6) is 0 Å². The van der Waals surface area contributed by atoms with Crippen LogP contribution in [-0.2, 0) is 0 Å². The van der Waals surface area contributed by atoms with E-state index in [2.05, 4.69) is 0 Å². The molecule has 3 aromatic rings. The van der Waals surface area contributed by atoms with Crippen molar-refractivity contribution < 1.29 is 19.8 Å². The van der Waals surface area contributed by atoms with Crippen molar-refractivity contribution in [2.75, 3.05) is 22.9 Å². The van der Waals surface area contributed by atoms with Gasteiger partial charge in [0.15, 0.2) is 0 Å². The van der Waals surface area contributed by atoms with Crippen LogP contribution in [-0.4, -0.2) is 22.2 Å². The Kier molecular flexibility index (Phi) is 6.07. The van der Waals surface area contributed by atoms with Crippen LogP contribution in [0.25, 0.3) is 11.1 Å². The Morgan fingerprint density at radius 2 is 0.857 bits per heavy atom. The predicted octanol–water partition coefficient (Wildman–Crippen LogP) is 2.77. The second-order valence-corrected chi connectivity index (χ2v) is 5.88. The third kappa shape index (κ3) is 4.92. The molecule has 0 fully saturated rings. The standard InChI is InChI=1S/C12H14N4.C8H6O4/c13-9-3-1-7(5-11(9)15)8-2-4-10(14)12(16)6-8;9-7(10)5-1-2-6(4-3-5)8(11)12/h1-6H,13-16H2;1-4H,(H,9,10)(H,11,12). The lowest BCUT2D eigenvalue weighted by atomic mass is 10.0. The largest absolute Gasteiger partial charge is 0.478 e. The number of carboxylic acid groups (broad SMARTS) is 2. The number of hydrogen-bond donors (Lipinski definition) is 6. The van der Waals surface area contributed by atoms with E-state index in [0.29, 0.717) is 22.7 Å². The lowest BCUT2D eigenvalue weighted by Gasteiger charge is -2.07. The van der Waals surface area contributed by atoms with Gasteiger partial charge in [0.1, 0.15) is 0 Å². The molecule has 0 saturated heterocycles. The Morgan fingerprint density at radius 1 is 0.536 bits per heavy atom. The van der Waals surface area contributed by atoms with E-state index >= 15 is 0 Å². The Hall–Kier alpha value is -4.20. The summed E-state index contributed by atoms with van der Waals surface area (Å²) in [6, 6.07) is 16.0. The zero-order chi connectivity index (χ0) is 20.8. The number of rotatable bonds is 3. The van der Waals surface area contributed by atoms with E-state index in [9.17, 15) is 9.59 Å². The van der Waals surface area contributed by atoms with Gasteiger partial charge in [-0.2, -0.15) is 0 Å². The molecule has 0 heterocycles. The predicted molar refractivity (Wildman–Crippen MR) is 110 cm³/mol. The van der Waals surface area contributed by atoms with Gasteiger partial charge >= 0.3 is 11.9 Å². The molecule has 0 unspecified atom stereocenters. The van der Waals surface area contributed by atoms with Crippen LogP contribution in [0.1, 0.15) is 20.7 Å². The van der Waals surface area contributed by atoms with Crippen LogP contribution >= 0.6 is 0 Å². The van der Waals surface area contributed by atoms with Crippen LogP contribution < -0.4 is 22.9 Å². The number of carbonyl (C=O) groups is 2. The highest BCUT2D eigenvalue weighted by atomic mass is 16.4. The Labute approximate surface area is 161 Å². The topological polar surface area (TPSA) is 179 Å². The van der Waals surface area contributed by atoms with Crippen LogP contribution in [0, 0.1) is 0 Å². The van der Waals surface area contributed by atoms with Crippen LogP contribution in [0.4, 0.5) is 22.7 Å². The van der Waals surface area contributed by atoms with Crippen molar-refractivity contribution in [3.8, 4) is 11.1 Å². The van der Waals surface area contributed by atoms with Crippen LogP contribution in [0.3, 0.4) is 0 Å². The summed E-state index contributed by atoms with van der Waals surface area (Å²) in [7, 11) is 0. The lowest BCUT2D eigenvalue weighted by Crippen LogP contribution is -1.99. The SMILES string of the molecule is Nc1ccc(-c2ccc(N)c(N)c2)cc1N.O=C(O)c1ccc(C(=O)O)cc1. The van der Waals surface area contributed by atoms with Gasteiger partial charge in [0.25, 0.3) is 0 Å². The summed E-state index contributed by atoms with van der Waals surface area (Å²) in [5.41, 5.74) is 27.2. The summed E-state index contributed by atoms with van der Waals surface area (Å²) < 4.78 is 0. The monoisotopic (exact) mass is 380 g/mol. The summed E-state index contributed by atoms with van der Waals surface area (Å²) in [5, 5.41) is 16.9. The minimum absolute atomic E-state index is 0.0833. The number of nitrogens with two attached hydrogens (primary N) is 4. The molecule has 0 aliphatic carbocycles. The zero-order valence-electron chi connectivity index (χ0n) is 14.8. The minimum atomic E-state index is -1.06. The van der Waals surface area contributed by atoms with Gasteiger partial charge in [-0.1, -0.05) is 12.1 Å². The maximum Gasteiger partial charge on any atom is 0.335 e. The average molecular weight is 380 g/mol. The van der Waals surface area contributed by atoms with Crippen molar-refractivity contribution in [3.05, 3.63) is 71.8 Å². The summed E-state index contributed by atoms with van der Waals surface area (Å²) in [4.78, 5) is 20.7. The summed E-state index contributed by atoms with van der Waals surface area (Å²) in [6.45, 7) is 0. The molecule has 28 heavy (non-hydrogen) atoms. The maximum absolute atomic E-state index is 10.3. The van der Waals surface area contributed by atoms with Gasteiger partial charge in [-0.05, 0) is 59.7 Å². The van der Waals surface area contributed by atoms with Crippen LogP contribution in [0.2, 0.25) is 0 Å². The number of hydrogen-bond acceptors (Lipinski definition) is 6. The van der Waals surface area contributed by atoms with Crippen molar-refractivity contribution in [3.63, 3.8) is 0 Å². The molecule has 10 N–H and O–H groups in total. The van der Waals surface area contributed by atoms with E-state index in [0.717, 1.165) is 11.1 Å². The minimum Gasteiger partial charge on any atom is -0.478 e. The second-order valence-electron chi connectivity index (χ2n) is 5.88. The van der Waals surface area contributed by atoms with E-state index in [1.807, 2.05) is 24.3 Å². The summed E-state index contributed by atoms with van der Waals surface area (Å²) >= 11 is 0. The first-order chi connectivity index (χ1) is 13.2. The molecule has 0 aliphatic rings. The first-order valence-electron chi connectivity index (χ1n) is 8.06. The van der Waals surface area contributed by atoms with E-state index in [-0.39, 0.29) is 11.1 Å². The molecule has 0 amide bonds. The van der Waals surface area contributed by atoms with Crippen molar-refractivity contribution in [2.45, 2.75) is 0 Å². The molecular formula is C20H20N4O4. The fraction of sp³-hybridized carbons (Fsp3) is 0. The van der Waals surface area contributed by atoms with Gasteiger partial charge in [0.2, 0.25) is 0 Å². The van der Waals surface area contributed by atoms with Gasteiger partial charge in [-0.25, -0.2) is 9.59 Å². The van der Waals surface area contributed by atoms with Crippen molar-refractivity contribution in [2.24, 2.45) is 0 Å². The molecule has 8 nitrogen and oxygen atoms in total. The highest BCUT2D eigenvalue weighted by molar-refractivity contribution is 5.91. The molecule has 0 bridgehead atoms. The number of carboxylic acids is 2. The zero-order valence-corrected chi connectivity index (χ0v) is 14.8. The molecule has 144 valence electrons. The van der Waals surface area contributed by atoms with Gasteiger partial charge < -0.3 is 33.1 Å². The quantitative estimate of drug-likeness (QED) is 0.375. The molecule has 0 aromatic heterocycles. The molecule has 3 rings (SSSR count). The maximum atomic E-state index is 10.3. The lowest BCUT2D eigenvalue weighted by molar-refractivity contribution is 0.0681. The van der Waals surface area contributed by atoms with E-state index in [1.54, 1.807) is 12.1 Å². The molecule has 0 radical (unpaired) electrons. The third-order valence-electron chi connectivity index (χ3n) is 3.89. The smallest absolute Gasteiger partial charge is 0.335 e. The average Bonchev–Trinajstić information content (AvgIpc) is 2.67. The molecule has 0 aliphatic heterocycles. The van der Waals surface area contributed by atoms with Gasteiger partial charge in [-0.15, -0.1) is 0 Å². The van der Waals surface area contributed by atoms with Crippen molar-refractivity contribution in [1.82, 2.24) is 0 Å². The highest BCUT2D eigenvalue weighted by Gasteiger charge is 2.05. The van der Waals surface area contributed by atoms with Crippen molar-refractivity contribution in [1.29, 1.82) is 0 Å². The Morgan fingerprint density at radius 3 is 1.11 bits per heavy atom. The number of aromatic carboxylic acids is 2. The number of benzene rings is 3. The highest BCUT2D eigenvalue weighted by Crippen LogP contribution is 2.28. The first-order valence-corrected chi connectivity index (χ1v) is 8.06. The molecular weight excluding hydrogens is 360 g/mol. The van der Waals surface area contributed by atoms with Crippen LogP contribution in [0.15, 0.2) is 60.7 Å². The fourth-order valence-electron chi connectivity index (χ4n) is 2.26. The van der Waals surface area contributed by atoms with Gasteiger partial charge in [0, 0.05) is 0 Å². The Balaban J connectivity index is 0.000000209. The number of anilines is 4. The first kappa shape index (κ1) is 20.1. The molecule has 0 spiro atoms. The van der Waals surface area contributed by atoms with Crippen molar-refractivity contribution >= 4 is 34.7 Å². The fourth-order valence-corrected chi connectivity index (χ4v) is 2.26. The van der Waals surface area contributed by atoms with E-state index in [4.69, 9.17) is 33.1 Å². The van der Waals surface area contributed by atoms with Gasteiger partial charge in [-0.3, -0.25) is 0 Å². The molecule has 0 saturated carbocycles. The molecule has 8 heteroatoms. The summed E-state index contributed by atoms with van der Waals surface area (Å²) in [5.74, 6) is -2.13. The van der Waals surface area contributed by atoms with E-state index in [1.165, 1.54) is 24.3 Å².